The summed E-state index contributed by atoms with van der Waals surface area (Å²) in [5.74, 6) is -1.07. The van der Waals surface area contributed by atoms with Crippen LogP contribution in [0.25, 0.3) is 10.9 Å². The molecule has 0 N–H and O–H groups in total. The first kappa shape index (κ1) is 30.3. The topological polar surface area (TPSA) is 80.3 Å². The molecule has 5 heterocycles. The summed E-state index contributed by atoms with van der Waals surface area (Å²) in [6.07, 6.45) is 8.04. The minimum Gasteiger partial charge on any atom is -0.463 e. The van der Waals surface area contributed by atoms with Crippen LogP contribution in [0.3, 0.4) is 0 Å². The third kappa shape index (κ3) is 5.86. The molecule has 44 heavy (non-hydrogen) atoms. The molecule has 5 aliphatic rings. The van der Waals surface area contributed by atoms with Crippen LogP contribution in [0.2, 0.25) is 0 Å². The number of anilines is 1. The number of benzene rings is 1. The zero-order valence-electron chi connectivity index (χ0n) is 25.8. The molecule has 1 aromatic heterocycles. The maximum atomic E-state index is 15.5. The van der Waals surface area contributed by atoms with E-state index in [9.17, 15) is 9.18 Å². The smallest absolute Gasteiger partial charge is 0.410 e. The average molecular weight is 679 g/mol. The quantitative estimate of drug-likeness (QED) is 0.342. The van der Waals surface area contributed by atoms with Crippen molar-refractivity contribution in [3.63, 3.8) is 0 Å². The normalized spacial score (nSPS) is 28.2. The zero-order chi connectivity index (χ0) is 30.9. The van der Waals surface area contributed by atoms with E-state index in [-0.39, 0.29) is 50.6 Å². The number of carbonyl (C=O) groups excluding carboxylic acids is 1. The molecule has 3 atom stereocenters. The molecule has 2 aromatic rings. The number of aromatic nitrogens is 2. The van der Waals surface area contributed by atoms with Crippen molar-refractivity contribution in [1.82, 2.24) is 19.8 Å². The second-order valence-electron chi connectivity index (χ2n) is 14.6. The number of ether oxygens (including phenoxy) is 3. The van der Waals surface area contributed by atoms with Crippen molar-refractivity contribution >= 4 is 38.7 Å². The molecule has 7 rings (SSSR count). The fraction of sp³-hybridized carbons (Fsp3) is 0.719. The summed E-state index contributed by atoms with van der Waals surface area (Å²) < 4.78 is 48.2. The highest BCUT2D eigenvalue weighted by Gasteiger charge is 2.49. The Morgan fingerprint density at radius 1 is 1.11 bits per heavy atom. The van der Waals surface area contributed by atoms with E-state index in [0.29, 0.717) is 25.5 Å². The highest BCUT2D eigenvalue weighted by molar-refractivity contribution is 9.10. The Morgan fingerprint density at radius 3 is 2.52 bits per heavy atom. The number of fused-ring (bicyclic) bond motifs is 3. The number of piperazine rings is 1. The largest absolute Gasteiger partial charge is 0.463 e. The van der Waals surface area contributed by atoms with Crippen molar-refractivity contribution in [2.75, 3.05) is 50.8 Å². The monoisotopic (exact) mass is 677 g/mol. The van der Waals surface area contributed by atoms with Crippen molar-refractivity contribution in [3.8, 4) is 6.01 Å². The predicted octanol–water partition coefficient (Wildman–Crippen LogP) is 6.06. The molecule has 1 amide bonds. The predicted molar refractivity (Wildman–Crippen MR) is 165 cm³/mol. The molecule has 240 valence electrons. The van der Waals surface area contributed by atoms with Gasteiger partial charge in [-0.2, -0.15) is 9.97 Å². The van der Waals surface area contributed by atoms with Crippen molar-refractivity contribution in [1.29, 1.82) is 0 Å². The number of rotatable bonds is 6. The summed E-state index contributed by atoms with van der Waals surface area (Å²) in [5, 5.41) is 0.289. The molecule has 5 fully saturated rings. The summed E-state index contributed by atoms with van der Waals surface area (Å²) in [4.78, 5) is 28.6. The van der Waals surface area contributed by atoms with Crippen LogP contribution in [0.5, 0.6) is 6.01 Å². The highest BCUT2D eigenvalue weighted by atomic mass is 79.9. The van der Waals surface area contributed by atoms with Gasteiger partial charge in [0, 0.05) is 50.1 Å². The Labute approximate surface area is 265 Å². The van der Waals surface area contributed by atoms with Gasteiger partial charge in [-0.1, -0.05) is 0 Å². The van der Waals surface area contributed by atoms with Crippen LogP contribution in [0, 0.1) is 17.0 Å². The van der Waals surface area contributed by atoms with Crippen LogP contribution in [0.4, 0.5) is 19.4 Å². The first-order valence-electron chi connectivity index (χ1n) is 16.0. The number of nitrogens with zero attached hydrogens (tertiary/aromatic N) is 5. The Morgan fingerprint density at radius 2 is 1.86 bits per heavy atom. The van der Waals surface area contributed by atoms with Gasteiger partial charge < -0.3 is 19.1 Å². The van der Waals surface area contributed by atoms with Crippen LogP contribution in [-0.2, 0) is 9.47 Å². The average Bonchev–Trinajstić information content (AvgIpc) is 3.56. The molecule has 4 saturated heterocycles. The summed E-state index contributed by atoms with van der Waals surface area (Å²) in [6, 6.07) is 1.19. The summed E-state index contributed by atoms with van der Waals surface area (Å²) in [5.41, 5.74) is -0.553. The fourth-order valence-corrected chi connectivity index (χ4v) is 7.94. The lowest BCUT2D eigenvalue weighted by atomic mass is 9.93. The van der Waals surface area contributed by atoms with Gasteiger partial charge in [-0.25, -0.2) is 13.6 Å². The van der Waals surface area contributed by atoms with E-state index in [4.69, 9.17) is 19.2 Å². The van der Waals surface area contributed by atoms with Gasteiger partial charge in [-0.3, -0.25) is 9.80 Å². The van der Waals surface area contributed by atoms with Gasteiger partial charge in [-0.15, -0.1) is 0 Å². The van der Waals surface area contributed by atoms with Gasteiger partial charge in [0.2, 0.25) is 0 Å². The minimum atomic E-state index is -0.778. The first-order valence-corrected chi connectivity index (χ1v) is 16.8. The zero-order valence-corrected chi connectivity index (χ0v) is 27.4. The van der Waals surface area contributed by atoms with Gasteiger partial charge >= 0.3 is 12.1 Å². The number of likely N-dealkylation sites (tertiary alicyclic amines) is 1. The van der Waals surface area contributed by atoms with Crippen LogP contribution in [0.1, 0.15) is 72.1 Å². The van der Waals surface area contributed by atoms with Gasteiger partial charge in [0.25, 0.3) is 0 Å². The maximum Gasteiger partial charge on any atom is 0.410 e. The number of hydrogen-bond donors (Lipinski definition) is 0. The Balaban J connectivity index is 1.11. The molecule has 1 saturated carbocycles. The molecule has 1 spiro atoms. The lowest BCUT2D eigenvalue weighted by Crippen LogP contribution is -2.57. The third-order valence-corrected chi connectivity index (χ3v) is 10.8. The molecule has 1 aliphatic carbocycles. The van der Waals surface area contributed by atoms with Crippen molar-refractivity contribution in [2.24, 2.45) is 5.41 Å². The number of hydrogen-bond acceptors (Lipinski definition) is 8. The SMILES string of the molecule is CC(C)(C)OC(=O)N1C2CCC1CN(c1nc(OCC3(CN4CCC5(CCCCO5)C4)CC3)nc3c(F)c(Br)c(F)cc13)C2. The molecule has 2 bridgehead atoms. The minimum absolute atomic E-state index is 0.0126. The fourth-order valence-electron chi connectivity index (χ4n) is 7.64. The standard InChI is InChI=1S/C32H42BrF2N5O4/c1-30(2,3)44-29(41)40-20-6-7-21(40)16-39(15-20)27-22-14-23(34)24(33)25(35)26(22)36-28(37-27)42-19-31(9-10-31)17-38-12-11-32(18-38)8-4-5-13-43-32/h14,20-21H,4-13,15-19H2,1-3H3. The van der Waals surface area contributed by atoms with Crippen LogP contribution in [0.15, 0.2) is 10.5 Å². The molecular formula is C32H42BrF2N5O4. The van der Waals surface area contributed by atoms with E-state index < -0.39 is 17.2 Å². The van der Waals surface area contributed by atoms with Crippen LogP contribution < -0.4 is 9.64 Å². The van der Waals surface area contributed by atoms with E-state index in [1.54, 1.807) is 0 Å². The summed E-state index contributed by atoms with van der Waals surface area (Å²) in [6.45, 7) is 10.7. The van der Waals surface area contributed by atoms with E-state index in [1.165, 1.54) is 12.5 Å². The van der Waals surface area contributed by atoms with E-state index >= 15 is 4.39 Å². The number of carbonyl (C=O) groups is 1. The first-order chi connectivity index (χ1) is 20.9. The molecule has 12 heteroatoms. The highest BCUT2D eigenvalue weighted by Crippen LogP contribution is 2.48. The van der Waals surface area contributed by atoms with Crippen molar-refractivity contribution in [2.45, 2.75) is 95.4 Å². The van der Waals surface area contributed by atoms with E-state index in [1.807, 2.05) is 30.6 Å². The Bertz CT molecular complexity index is 1430. The van der Waals surface area contributed by atoms with Gasteiger partial charge in [0.15, 0.2) is 5.82 Å². The van der Waals surface area contributed by atoms with E-state index in [2.05, 4.69) is 25.8 Å². The molecule has 9 nitrogen and oxygen atoms in total. The Hall–Kier alpha value is -2.31. The van der Waals surface area contributed by atoms with Crippen molar-refractivity contribution < 1.29 is 27.8 Å². The summed E-state index contributed by atoms with van der Waals surface area (Å²) >= 11 is 3.04. The summed E-state index contributed by atoms with van der Waals surface area (Å²) in [7, 11) is 0. The van der Waals surface area contributed by atoms with Crippen LogP contribution in [-0.4, -0.2) is 95.1 Å². The molecule has 1 aromatic carbocycles. The van der Waals surface area contributed by atoms with Crippen molar-refractivity contribution in [3.05, 3.63) is 22.2 Å². The maximum absolute atomic E-state index is 15.5. The molecule has 3 unspecified atom stereocenters. The molecular weight excluding hydrogens is 636 g/mol. The van der Waals surface area contributed by atoms with Gasteiger partial charge in [0.05, 0.1) is 28.8 Å². The van der Waals surface area contributed by atoms with Gasteiger partial charge in [0.1, 0.15) is 22.8 Å². The number of amides is 1. The second-order valence-corrected chi connectivity index (χ2v) is 15.4. The third-order valence-electron chi connectivity index (χ3n) is 10.0. The molecule has 4 aliphatic heterocycles. The van der Waals surface area contributed by atoms with Crippen LogP contribution >= 0.6 is 15.9 Å². The number of halogens is 3. The van der Waals surface area contributed by atoms with E-state index in [0.717, 1.165) is 71.2 Å². The lowest BCUT2D eigenvalue weighted by Gasteiger charge is -2.42. The Kier molecular flexibility index (Phi) is 7.72. The lowest BCUT2D eigenvalue weighted by molar-refractivity contribution is -0.0704. The van der Waals surface area contributed by atoms with Gasteiger partial charge in [-0.05, 0) is 94.1 Å². The molecule has 0 radical (unpaired) electrons. The second kappa shape index (κ2) is 11.2.